The van der Waals surface area contributed by atoms with Gasteiger partial charge in [0, 0.05) is 5.56 Å². The smallest absolute Gasteiger partial charge is 0.229 e. The van der Waals surface area contributed by atoms with Crippen LogP contribution >= 0.6 is 0 Å². The molecular weight excluding hydrogens is 256 g/mol. The van der Waals surface area contributed by atoms with Crippen LogP contribution < -0.4 is 10.1 Å². The van der Waals surface area contributed by atoms with Gasteiger partial charge in [-0.3, -0.25) is 4.79 Å². The standard InChI is InChI=1S/C15H18N2O3/c1-9-5-6-14(19-4)13(7-9)16-15(18)8-12-10(2)17-20-11(12)3/h5-7H,8H2,1-4H3,(H,16,18). The molecule has 106 valence electrons. The van der Waals surface area contributed by atoms with Crippen LogP contribution in [-0.2, 0) is 11.2 Å². The summed E-state index contributed by atoms with van der Waals surface area (Å²) < 4.78 is 10.3. The Hall–Kier alpha value is -2.30. The first-order valence-electron chi connectivity index (χ1n) is 6.37. The summed E-state index contributed by atoms with van der Waals surface area (Å²) in [5, 5.41) is 6.71. The average Bonchev–Trinajstić information content (AvgIpc) is 2.71. The number of aryl methyl sites for hydroxylation is 3. The lowest BCUT2D eigenvalue weighted by atomic mass is 10.1. The van der Waals surface area contributed by atoms with Gasteiger partial charge in [-0.05, 0) is 38.5 Å². The van der Waals surface area contributed by atoms with Crippen molar-refractivity contribution in [1.82, 2.24) is 5.16 Å². The van der Waals surface area contributed by atoms with Crippen LogP contribution in [0.4, 0.5) is 5.69 Å². The normalized spacial score (nSPS) is 10.4. The summed E-state index contributed by atoms with van der Waals surface area (Å²) in [5.74, 6) is 1.19. The number of carbonyl (C=O) groups excluding carboxylic acids is 1. The summed E-state index contributed by atoms with van der Waals surface area (Å²) in [6.07, 6.45) is 0.234. The number of benzene rings is 1. The maximum atomic E-state index is 12.1. The largest absolute Gasteiger partial charge is 0.495 e. The number of ether oxygens (including phenoxy) is 1. The van der Waals surface area contributed by atoms with E-state index in [2.05, 4.69) is 10.5 Å². The van der Waals surface area contributed by atoms with E-state index < -0.39 is 0 Å². The molecule has 0 fully saturated rings. The molecule has 0 aliphatic carbocycles. The second kappa shape index (κ2) is 5.77. The number of amides is 1. The van der Waals surface area contributed by atoms with Crippen molar-refractivity contribution in [3.8, 4) is 5.75 Å². The van der Waals surface area contributed by atoms with Crippen molar-refractivity contribution < 1.29 is 14.1 Å². The van der Waals surface area contributed by atoms with Gasteiger partial charge in [-0.25, -0.2) is 0 Å². The van der Waals surface area contributed by atoms with Crippen molar-refractivity contribution in [2.75, 3.05) is 12.4 Å². The van der Waals surface area contributed by atoms with Crippen LogP contribution in [-0.4, -0.2) is 18.2 Å². The minimum atomic E-state index is -0.122. The highest BCUT2D eigenvalue weighted by Gasteiger charge is 2.14. The molecular formula is C15H18N2O3. The molecule has 0 bridgehead atoms. The zero-order valence-corrected chi connectivity index (χ0v) is 12.1. The van der Waals surface area contributed by atoms with E-state index in [-0.39, 0.29) is 12.3 Å². The van der Waals surface area contributed by atoms with Crippen LogP contribution in [0.1, 0.15) is 22.6 Å². The van der Waals surface area contributed by atoms with Crippen molar-refractivity contribution in [3.05, 3.63) is 40.8 Å². The molecule has 0 saturated carbocycles. The van der Waals surface area contributed by atoms with Crippen molar-refractivity contribution in [3.63, 3.8) is 0 Å². The van der Waals surface area contributed by atoms with Gasteiger partial charge in [-0.2, -0.15) is 0 Å². The summed E-state index contributed by atoms with van der Waals surface area (Å²) in [5.41, 5.74) is 3.30. The minimum Gasteiger partial charge on any atom is -0.495 e. The fourth-order valence-corrected chi connectivity index (χ4v) is 2.03. The molecule has 0 atom stereocenters. The zero-order chi connectivity index (χ0) is 14.7. The molecule has 1 aromatic heterocycles. The zero-order valence-electron chi connectivity index (χ0n) is 12.1. The Morgan fingerprint density at radius 1 is 1.35 bits per heavy atom. The van der Waals surface area contributed by atoms with Gasteiger partial charge >= 0.3 is 0 Å². The van der Waals surface area contributed by atoms with Crippen LogP contribution in [0.5, 0.6) is 5.75 Å². The second-order valence-electron chi connectivity index (χ2n) is 4.73. The number of aromatic nitrogens is 1. The van der Waals surface area contributed by atoms with Crippen LogP contribution in [0.25, 0.3) is 0 Å². The van der Waals surface area contributed by atoms with Crippen molar-refractivity contribution in [2.45, 2.75) is 27.2 Å². The molecule has 1 N–H and O–H groups in total. The molecule has 0 spiro atoms. The minimum absolute atomic E-state index is 0.122. The summed E-state index contributed by atoms with van der Waals surface area (Å²) in [6, 6.07) is 5.65. The van der Waals surface area contributed by atoms with Crippen molar-refractivity contribution in [1.29, 1.82) is 0 Å². The van der Waals surface area contributed by atoms with E-state index in [0.717, 1.165) is 16.8 Å². The molecule has 2 rings (SSSR count). The molecule has 5 heteroatoms. The summed E-state index contributed by atoms with van der Waals surface area (Å²) in [4.78, 5) is 12.1. The van der Waals surface area contributed by atoms with E-state index >= 15 is 0 Å². The Morgan fingerprint density at radius 2 is 2.10 bits per heavy atom. The van der Waals surface area contributed by atoms with Gasteiger partial charge in [0.1, 0.15) is 11.5 Å². The number of methoxy groups -OCH3 is 1. The Bertz CT molecular complexity index is 613. The average molecular weight is 274 g/mol. The highest BCUT2D eigenvalue weighted by Crippen LogP contribution is 2.25. The summed E-state index contributed by atoms with van der Waals surface area (Å²) in [7, 11) is 1.58. The Kier molecular flexibility index (Phi) is 4.08. The Balaban J connectivity index is 2.14. The molecule has 1 heterocycles. The molecule has 0 aliphatic rings. The first kappa shape index (κ1) is 14.1. The van der Waals surface area contributed by atoms with Crippen molar-refractivity contribution in [2.24, 2.45) is 0 Å². The number of carbonyl (C=O) groups is 1. The number of hydrogen-bond donors (Lipinski definition) is 1. The number of hydrogen-bond acceptors (Lipinski definition) is 4. The maximum absolute atomic E-state index is 12.1. The van der Waals surface area contributed by atoms with Crippen LogP contribution in [0.2, 0.25) is 0 Å². The lowest BCUT2D eigenvalue weighted by molar-refractivity contribution is -0.115. The fraction of sp³-hybridized carbons (Fsp3) is 0.333. The molecule has 0 saturated heterocycles. The van der Waals surface area contributed by atoms with Gasteiger partial charge in [0.2, 0.25) is 5.91 Å². The number of nitrogens with one attached hydrogen (secondary N) is 1. The first-order chi connectivity index (χ1) is 9.51. The quantitative estimate of drug-likeness (QED) is 0.931. The van der Waals surface area contributed by atoms with Gasteiger partial charge in [0.05, 0.1) is 24.9 Å². The third kappa shape index (κ3) is 2.99. The lowest BCUT2D eigenvalue weighted by Crippen LogP contribution is -2.15. The Morgan fingerprint density at radius 3 is 2.70 bits per heavy atom. The fourth-order valence-electron chi connectivity index (χ4n) is 2.03. The third-order valence-corrected chi connectivity index (χ3v) is 3.15. The lowest BCUT2D eigenvalue weighted by Gasteiger charge is -2.11. The predicted molar refractivity (Wildman–Crippen MR) is 76.0 cm³/mol. The van der Waals surface area contributed by atoms with E-state index in [1.165, 1.54) is 0 Å². The van der Waals surface area contributed by atoms with E-state index in [1.807, 2.05) is 32.0 Å². The number of nitrogens with zero attached hydrogens (tertiary/aromatic N) is 1. The molecule has 1 amide bonds. The van der Waals surface area contributed by atoms with Gasteiger partial charge in [-0.1, -0.05) is 11.2 Å². The van der Waals surface area contributed by atoms with E-state index in [0.29, 0.717) is 17.2 Å². The number of anilines is 1. The van der Waals surface area contributed by atoms with Crippen LogP contribution in [0, 0.1) is 20.8 Å². The molecule has 20 heavy (non-hydrogen) atoms. The molecule has 0 radical (unpaired) electrons. The topological polar surface area (TPSA) is 64.4 Å². The van der Waals surface area contributed by atoms with Gasteiger partial charge in [0.25, 0.3) is 0 Å². The summed E-state index contributed by atoms with van der Waals surface area (Å²) >= 11 is 0. The Labute approximate surface area is 117 Å². The first-order valence-corrected chi connectivity index (χ1v) is 6.37. The summed E-state index contributed by atoms with van der Waals surface area (Å²) in [6.45, 7) is 5.59. The third-order valence-electron chi connectivity index (χ3n) is 3.15. The van der Waals surface area contributed by atoms with Gasteiger partial charge < -0.3 is 14.6 Å². The molecule has 2 aromatic rings. The number of rotatable bonds is 4. The second-order valence-corrected chi connectivity index (χ2v) is 4.73. The predicted octanol–water partition coefficient (Wildman–Crippen LogP) is 2.79. The van der Waals surface area contributed by atoms with E-state index in [9.17, 15) is 4.79 Å². The van der Waals surface area contributed by atoms with Gasteiger partial charge in [0.15, 0.2) is 0 Å². The molecule has 0 unspecified atom stereocenters. The van der Waals surface area contributed by atoms with Gasteiger partial charge in [-0.15, -0.1) is 0 Å². The molecule has 1 aromatic carbocycles. The van der Waals surface area contributed by atoms with Crippen LogP contribution in [0.3, 0.4) is 0 Å². The maximum Gasteiger partial charge on any atom is 0.229 e. The molecule has 5 nitrogen and oxygen atoms in total. The highest BCUT2D eigenvalue weighted by atomic mass is 16.5. The SMILES string of the molecule is COc1ccc(C)cc1NC(=O)Cc1c(C)noc1C. The molecule has 0 aliphatic heterocycles. The van der Waals surface area contributed by atoms with E-state index in [1.54, 1.807) is 14.0 Å². The van der Waals surface area contributed by atoms with Crippen molar-refractivity contribution >= 4 is 11.6 Å². The monoisotopic (exact) mass is 274 g/mol. The van der Waals surface area contributed by atoms with E-state index in [4.69, 9.17) is 9.26 Å². The highest BCUT2D eigenvalue weighted by molar-refractivity contribution is 5.94. The van der Waals surface area contributed by atoms with Crippen LogP contribution in [0.15, 0.2) is 22.7 Å².